The Labute approximate surface area is 189 Å². The molecule has 0 saturated carbocycles. The molecular weight excluding hydrogens is 404 g/mol. The van der Waals surface area contributed by atoms with Crippen LogP contribution >= 0.6 is 0 Å². The Balaban J connectivity index is 1.36. The first-order valence-electron chi connectivity index (χ1n) is 11.4. The second-order valence-corrected chi connectivity index (χ2v) is 8.85. The summed E-state index contributed by atoms with van der Waals surface area (Å²) < 4.78 is 5.67. The summed E-state index contributed by atoms with van der Waals surface area (Å²) in [6.45, 7) is 7.13. The minimum atomic E-state index is -0.901. The molecule has 0 atom stereocenters. The fourth-order valence-electron chi connectivity index (χ4n) is 4.83. The lowest BCUT2D eigenvalue weighted by Crippen LogP contribution is -2.44. The van der Waals surface area contributed by atoms with Crippen LogP contribution in [-0.4, -0.2) is 47.5 Å². The van der Waals surface area contributed by atoms with Gasteiger partial charge in [0.15, 0.2) is 0 Å². The summed E-state index contributed by atoms with van der Waals surface area (Å²) in [5.41, 5.74) is 5.77. The van der Waals surface area contributed by atoms with Crippen LogP contribution in [0.2, 0.25) is 0 Å². The number of rotatable bonds is 6. The molecule has 0 bridgehead atoms. The number of carboxylic acids is 1. The first kappa shape index (κ1) is 22.3. The van der Waals surface area contributed by atoms with Crippen LogP contribution < -0.4 is 4.74 Å². The lowest BCUT2D eigenvalue weighted by Gasteiger charge is -2.37. The normalized spacial score (nSPS) is 20.3. The molecule has 1 fully saturated rings. The average molecular weight is 437 g/mol. The molecule has 1 aromatic carbocycles. The van der Waals surface area contributed by atoms with Crippen molar-refractivity contribution < 1.29 is 19.5 Å². The van der Waals surface area contributed by atoms with Gasteiger partial charge in [-0.25, -0.2) is 4.79 Å². The number of likely N-dealkylation sites (tertiary alicyclic amines) is 1. The van der Waals surface area contributed by atoms with E-state index in [1.54, 1.807) is 19.3 Å². The monoisotopic (exact) mass is 436 g/mol. The zero-order valence-electron chi connectivity index (χ0n) is 19.2. The van der Waals surface area contributed by atoms with Gasteiger partial charge >= 0.3 is 5.97 Å². The van der Waals surface area contributed by atoms with Crippen molar-refractivity contribution in [3.05, 3.63) is 64.3 Å². The maximum Gasteiger partial charge on any atom is 0.335 e. The summed E-state index contributed by atoms with van der Waals surface area (Å²) in [6, 6.07) is 4.42. The molecule has 2 heterocycles. The first-order valence-corrected chi connectivity index (χ1v) is 11.4. The summed E-state index contributed by atoms with van der Waals surface area (Å²) >= 11 is 0. The third kappa shape index (κ3) is 4.51. The van der Waals surface area contributed by atoms with Crippen molar-refractivity contribution in [1.29, 1.82) is 0 Å². The molecule has 1 aromatic rings. The van der Waals surface area contributed by atoms with Gasteiger partial charge in [-0.05, 0) is 48.1 Å². The van der Waals surface area contributed by atoms with Gasteiger partial charge in [0.25, 0.3) is 0 Å². The van der Waals surface area contributed by atoms with Crippen molar-refractivity contribution in [2.75, 3.05) is 20.2 Å². The minimum Gasteiger partial charge on any atom is -0.496 e. The summed E-state index contributed by atoms with van der Waals surface area (Å²) in [4.78, 5) is 19.7. The fourth-order valence-corrected chi connectivity index (χ4v) is 4.83. The van der Waals surface area contributed by atoms with Crippen LogP contribution in [0.25, 0.3) is 0 Å². The molecule has 2 aliphatic heterocycles. The third-order valence-electron chi connectivity index (χ3n) is 6.88. The van der Waals surface area contributed by atoms with Gasteiger partial charge in [-0.1, -0.05) is 42.4 Å². The molecule has 170 valence electrons. The van der Waals surface area contributed by atoms with E-state index in [0.29, 0.717) is 12.0 Å². The molecule has 1 aliphatic carbocycles. The number of nitrogens with zero attached hydrogens (tertiary/aromatic N) is 2. The molecule has 32 heavy (non-hydrogen) atoms. The highest BCUT2D eigenvalue weighted by molar-refractivity contribution is 6.04. The van der Waals surface area contributed by atoms with E-state index in [0.717, 1.165) is 62.4 Å². The first-order chi connectivity index (χ1) is 15.4. The topological polar surface area (TPSA) is 71.4 Å². The predicted molar refractivity (Wildman–Crippen MR) is 125 cm³/mol. The Morgan fingerprint density at radius 2 is 1.97 bits per heavy atom. The number of methoxy groups -OCH3 is 1. The van der Waals surface area contributed by atoms with E-state index < -0.39 is 5.97 Å². The number of benzene rings is 1. The lowest BCUT2D eigenvalue weighted by molar-refractivity contribution is -0.132. The number of oxime groups is 1. The maximum atomic E-state index is 11.2. The summed E-state index contributed by atoms with van der Waals surface area (Å²) in [5.74, 6) is 0.113. The highest BCUT2D eigenvalue weighted by Crippen LogP contribution is 2.37. The zero-order valence-corrected chi connectivity index (χ0v) is 19.2. The van der Waals surface area contributed by atoms with E-state index in [1.807, 2.05) is 12.2 Å². The van der Waals surface area contributed by atoms with E-state index in [2.05, 4.69) is 36.0 Å². The molecule has 6 heteroatoms. The van der Waals surface area contributed by atoms with E-state index in [4.69, 9.17) is 9.57 Å². The molecule has 6 nitrogen and oxygen atoms in total. The molecule has 0 unspecified atom stereocenters. The molecule has 0 radical (unpaired) electrons. The number of ether oxygens (including phenoxy) is 1. The number of piperidine rings is 1. The molecule has 1 saturated heterocycles. The Kier molecular flexibility index (Phi) is 6.51. The van der Waals surface area contributed by atoms with Crippen LogP contribution in [0.4, 0.5) is 0 Å². The summed E-state index contributed by atoms with van der Waals surface area (Å²) in [7, 11) is 1.75. The van der Waals surface area contributed by atoms with Gasteiger partial charge in [0.2, 0.25) is 0 Å². The molecule has 0 amide bonds. The van der Waals surface area contributed by atoms with Gasteiger partial charge in [-0.2, -0.15) is 0 Å². The smallest absolute Gasteiger partial charge is 0.335 e. The SMILES string of the molecule is CCc1ccc(CN2CCC3(CC2)CC(C2=CCC=C(C(=O)O)C=C2)=NO3)c(C)c1OC. The number of aliphatic carboxylic acids is 1. The van der Waals surface area contributed by atoms with Gasteiger partial charge in [0, 0.05) is 38.9 Å². The molecule has 0 aromatic heterocycles. The van der Waals surface area contributed by atoms with Crippen molar-refractivity contribution in [3.8, 4) is 5.75 Å². The molecular formula is C26H32N2O4. The van der Waals surface area contributed by atoms with Gasteiger partial charge < -0.3 is 14.7 Å². The largest absolute Gasteiger partial charge is 0.496 e. The van der Waals surface area contributed by atoms with E-state index in [9.17, 15) is 9.90 Å². The Morgan fingerprint density at radius 3 is 2.66 bits per heavy atom. The second kappa shape index (κ2) is 9.33. The fraction of sp³-hybridized carbons (Fsp3) is 0.462. The Hall–Kier alpha value is -2.86. The zero-order chi connectivity index (χ0) is 22.7. The van der Waals surface area contributed by atoms with E-state index >= 15 is 0 Å². The molecule has 4 rings (SSSR count). The van der Waals surface area contributed by atoms with Crippen LogP contribution in [0.1, 0.15) is 49.3 Å². The average Bonchev–Trinajstić information content (AvgIpc) is 3.03. The predicted octanol–water partition coefficient (Wildman–Crippen LogP) is 4.57. The minimum absolute atomic E-state index is 0.241. The van der Waals surface area contributed by atoms with Crippen LogP contribution in [0.15, 0.2) is 52.7 Å². The number of aryl methyl sites for hydroxylation is 1. The van der Waals surface area contributed by atoms with Gasteiger partial charge in [0.05, 0.1) is 18.4 Å². The lowest BCUT2D eigenvalue weighted by atomic mass is 9.85. The summed E-state index contributed by atoms with van der Waals surface area (Å²) in [6.07, 6.45) is 11.4. The van der Waals surface area contributed by atoms with Crippen LogP contribution in [0.5, 0.6) is 5.75 Å². The quantitative estimate of drug-likeness (QED) is 0.707. The Bertz CT molecular complexity index is 1010. The van der Waals surface area contributed by atoms with Gasteiger partial charge in [0.1, 0.15) is 11.4 Å². The van der Waals surface area contributed by atoms with Crippen LogP contribution in [-0.2, 0) is 22.6 Å². The second-order valence-electron chi connectivity index (χ2n) is 8.85. The number of carboxylic acid groups (broad SMARTS) is 1. The van der Waals surface area contributed by atoms with Gasteiger partial charge in [-0.15, -0.1) is 0 Å². The standard InChI is InChI=1S/C26H32N2O4/c1-4-19-8-11-22(18(2)24(19)31-3)17-28-14-12-26(13-15-28)16-23(27-32-26)20-6-5-7-21(10-9-20)25(29)30/h6-11H,4-5,12-17H2,1-3H3,(H,29,30). The maximum absolute atomic E-state index is 11.2. The number of hydrogen-bond donors (Lipinski definition) is 1. The van der Waals surface area contributed by atoms with Crippen molar-refractivity contribution in [3.63, 3.8) is 0 Å². The number of hydrogen-bond acceptors (Lipinski definition) is 5. The Morgan fingerprint density at radius 1 is 1.22 bits per heavy atom. The summed E-state index contributed by atoms with van der Waals surface area (Å²) in [5, 5.41) is 13.6. The van der Waals surface area contributed by atoms with Crippen molar-refractivity contribution in [2.45, 2.75) is 58.1 Å². The van der Waals surface area contributed by atoms with E-state index in [-0.39, 0.29) is 5.60 Å². The highest BCUT2D eigenvalue weighted by atomic mass is 16.7. The third-order valence-corrected chi connectivity index (χ3v) is 6.88. The van der Waals surface area contributed by atoms with Crippen molar-refractivity contribution in [2.24, 2.45) is 5.16 Å². The van der Waals surface area contributed by atoms with E-state index in [1.165, 1.54) is 16.7 Å². The molecule has 1 spiro atoms. The van der Waals surface area contributed by atoms with Crippen molar-refractivity contribution in [1.82, 2.24) is 4.90 Å². The molecule has 1 N–H and O–H groups in total. The van der Waals surface area contributed by atoms with Crippen LogP contribution in [0, 0.1) is 6.92 Å². The van der Waals surface area contributed by atoms with Crippen LogP contribution in [0.3, 0.4) is 0 Å². The highest BCUT2D eigenvalue weighted by Gasteiger charge is 2.42. The number of allylic oxidation sites excluding steroid dienone is 4. The number of carbonyl (C=O) groups is 1. The van der Waals surface area contributed by atoms with Gasteiger partial charge in [-0.3, -0.25) is 4.90 Å². The molecule has 3 aliphatic rings. The van der Waals surface area contributed by atoms with Crippen molar-refractivity contribution >= 4 is 11.7 Å².